The summed E-state index contributed by atoms with van der Waals surface area (Å²) in [4.78, 5) is 3.82. The van der Waals surface area contributed by atoms with Crippen molar-refractivity contribution in [2.45, 2.75) is 24.8 Å². The zero-order valence-electron chi connectivity index (χ0n) is 15.4. The summed E-state index contributed by atoms with van der Waals surface area (Å²) in [6.45, 7) is 2.81. The Morgan fingerprint density at radius 1 is 1.04 bits per heavy atom. The van der Waals surface area contributed by atoms with Crippen molar-refractivity contribution in [2.75, 3.05) is 19.3 Å². The Labute approximate surface area is 177 Å². The number of aliphatic imine (C=N–C) groups is 1. The first-order valence-corrected chi connectivity index (χ1v) is 10.1. The molecule has 0 unspecified atom stereocenters. The van der Waals surface area contributed by atoms with Crippen LogP contribution in [0.25, 0.3) is 0 Å². The van der Waals surface area contributed by atoms with Crippen LogP contribution in [0.1, 0.15) is 18.1 Å². The van der Waals surface area contributed by atoms with Gasteiger partial charge in [0.2, 0.25) is 0 Å². The first kappa shape index (κ1) is 23.4. The lowest BCUT2D eigenvalue weighted by Gasteiger charge is -2.14. The van der Waals surface area contributed by atoms with Crippen LogP contribution in [0.4, 0.5) is 4.39 Å². The van der Waals surface area contributed by atoms with E-state index in [1.54, 1.807) is 7.05 Å². The van der Waals surface area contributed by atoms with Gasteiger partial charge in [-0.3, -0.25) is 4.99 Å². The molecular weight excluding hydrogens is 480 g/mol. The van der Waals surface area contributed by atoms with Crippen LogP contribution in [0.5, 0.6) is 0 Å². The van der Waals surface area contributed by atoms with Gasteiger partial charge in [-0.05, 0) is 29.7 Å². The topological polar surface area (TPSA) is 70.6 Å². The lowest BCUT2D eigenvalue weighted by atomic mass is 10.1. The van der Waals surface area contributed by atoms with Gasteiger partial charge in [-0.15, -0.1) is 24.0 Å². The summed E-state index contributed by atoms with van der Waals surface area (Å²) in [7, 11) is -2.08. The Morgan fingerprint density at radius 3 is 2.30 bits per heavy atom. The van der Waals surface area contributed by atoms with Crippen LogP contribution in [-0.4, -0.2) is 33.7 Å². The highest BCUT2D eigenvalue weighted by molar-refractivity contribution is 14.0. The fourth-order valence-electron chi connectivity index (χ4n) is 2.59. The number of guanidine groups is 1. The molecule has 148 valence electrons. The molecule has 0 radical (unpaired) electrons. The largest absolute Gasteiger partial charge is 0.355 e. The van der Waals surface area contributed by atoms with Crippen LogP contribution in [-0.2, 0) is 22.8 Å². The standard InChI is InChI=1S/C19H24FN3O2S.HI/c1-3-15-8-4-5-9-16(15)14-23-19(21-2)22-12-13-26(24,25)18-11-7-6-10-17(18)20;/h4-11H,3,12-14H2,1-2H3,(H2,21,22,23);1H. The number of rotatable bonds is 7. The molecular formula is C19H25FIN3O2S. The number of aryl methyl sites for hydroxylation is 1. The first-order chi connectivity index (χ1) is 12.5. The zero-order valence-corrected chi connectivity index (χ0v) is 18.6. The molecule has 0 saturated heterocycles. The second-order valence-corrected chi connectivity index (χ2v) is 7.80. The molecule has 0 saturated carbocycles. The smallest absolute Gasteiger partial charge is 0.191 e. The van der Waals surface area contributed by atoms with Crippen molar-refractivity contribution >= 4 is 39.8 Å². The monoisotopic (exact) mass is 505 g/mol. The fraction of sp³-hybridized carbons (Fsp3) is 0.316. The molecule has 0 heterocycles. The molecule has 0 bridgehead atoms. The number of hydrogen-bond acceptors (Lipinski definition) is 3. The van der Waals surface area contributed by atoms with E-state index >= 15 is 0 Å². The van der Waals surface area contributed by atoms with E-state index in [9.17, 15) is 12.8 Å². The number of hydrogen-bond donors (Lipinski definition) is 2. The van der Waals surface area contributed by atoms with Crippen molar-refractivity contribution < 1.29 is 12.8 Å². The second-order valence-electron chi connectivity index (χ2n) is 5.72. The molecule has 0 aliphatic rings. The summed E-state index contributed by atoms with van der Waals surface area (Å²) in [5.41, 5.74) is 2.41. The van der Waals surface area contributed by atoms with Gasteiger partial charge in [0.25, 0.3) is 0 Å². The van der Waals surface area contributed by atoms with Crippen LogP contribution >= 0.6 is 24.0 Å². The maximum absolute atomic E-state index is 13.7. The van der Waals surface area contributed by atoms with Gasteiger partial charge in [0.05, 0.1) is 5.75 Å². The predicted octanol–water partition coefficient (Wildman–Crippen LogP) is 3.15. The number of nitrogens with one attached hydrogen (secondary N) is 2. The van der Waals surface area contributed by atoms with Crippen molar-refractivity contribution in [3.05, 3.63) is 65.5 Å². The lowest BCUT2D eigenvalue weighted by Crippen LogP contribution is -2.39. The summed E-state index contributed by atoms with van der Waals surface area (Å²) in [5.74, 6) is -0.453. The van der Waals surface area contributed by atoms with Crippen LogP contribution in [0, 0.1) is 5.82 Å². The molecule has 0 aromatic heterocycles. The number of halogens is 2. The first-order valence-electron chi connectivity index (χ1n) is 8.46. The van der Waals surface area contributed by atoms with Crippen molar-refractivity contribution in [1.29, 1.82) is 0 Å². The van der Waals surface area contributed by atoms with E-state index in [0.717, 1.165) is 18.1 Å². The maximum Gasteiger partial charge on any atom is 0.191 e. The van der Waals surface area contributed by atoms with E-state index in [4.69, 9.17) is 0 Å². The zero-order chi connectivity index (χ0) is 19.0. The van der Waals surface area contributed by atoms with Gasteiger partial charge >= 0.3 is 0 Å². The molecule has 0 aliphatic carbocycles. The van der Waals surface area contributed by atoms with E-state index < -0.39 is 15.7 Å². The van der Waals surface area contributed by atoms with Crippen molar-refractivity contribution in [3.63, 3.8) is 0 Å². The summed E-state index contributed by atoms with van der Waals surface area (Å²) >= 11 is 0. The third kappa shape index (κ3) is 6.76. The van der Waals surface area contributed by atoms with Gasteiger partial charge in [0.1, 0.15) is 10.7 Å². The third-order valence-electron chi connectivity index (χ3n) is 4.00. The van der Waals surface area contributed by atoms with Gasteiger partial charge in [-0.1, -0.05) is 43.3 Å². The quantitative estimate of drug-likeness (QED) is 0.345. The van der Waals surface area contributed by atoms with Crippen LogP contribution in [0.3, 0.4) is 0 Å². The van der Waals surface area contributed by atoms with Crippen LogP contribution < -0.4 is 10.6 Å². The predicted molar refractivity (Wildman–Crippen MR) is 118 cm³/mol. The van der Waals surface area contributed by atoms with E-state index in [0.29, 0.717) is 12.5 Å². The van der Waals surface area contributed by atoms with E-state index in [2.05, 4.69) is 28.6 Å². The van der Waals surface area contributed by atoms with Crippen LogP contribution in [0.15, 0.2) is 58.4 Å². The van der Waals surface area contributed by atoms with Crippen molar-refractivity contribution in [2.24, 2.45) is 4.99 Å². The highest BCUT2D eigenvalue weighted by atomic mass is 127. The highest BCUT2D eigenvalue weighted by Crippen LogP contribution is 2.14. The molecule has 0 amide bonds. The fourth-order valence-corrected chi connectivity index (χ4v) is 3.83. The number of nitrogens with zero attached hydrogens (tertiary/aromatic N) is 1. The normalized spacial score (nSPS) is 11.6. The average Bonchev–Trinajstić information content (AvgIpc) is 2.64. The maximum atomic E-state index is 13.7. The Bertz CT molecular complexity index is 873. The molecule has 0 aliphatic heterocycles. The summed E-state index contributed by atoms with van der Waals surface area (Å²) in [6.07, 6.45) is 0.935. The molecule has 8 heteroatoms. The SMILES string of the molecule is CCc1ccccc1CNC(=NC)NCCS(=O)(=O)c1ccccc1F.I. The minimum absolute atomic E-state index is 0. The minimum Gasteiger partial charge on any atom is -0.355 e. The molecule has 0 atom stereocenters. The minimum atomic E-state index is -3.69. The number of sulfone groups is 1. The highest BCUT2D eigenvalue weighted by Gasteiger charge is 2.18. The third-order valence-corrected chi connectivity index (χ3v) is 5.75. The van der Waals surface area contributed by atoms with E-state index in [1.165, 1.54) is 23.8 Å². The van der Waals surface area contributed by atoms with Gasteiger partial charge in [0.15, 0.2) is 15.8 Å². The molecule has 27 heavy (non-hydrogen) atoms. The molecule has 2 aromatic rings. The molecule has 2 aromatic carbocycles. The van der Waals surface area contributed by atoms with Crippen molar-refractivity contribution in [3.8, 4) is 0 Å². The molecule has 2 rings (SSSR count). The van der Waals surface area contributed by atoms with E-state index in [-0.39, 0.29) is 41.2 Å². The average molecular weight is 505 g/mol. The van der Waals surface area contributed by atoms with Gasteiger partial charge in [0, 0.05) is 20.1 Å². The van der Waals surface area contributed by atoms with Crippen LogP contribution in [0.2, 0.25) is 0 Å². The summed E-state index contributed by atoms with van der Waals surface area (Å²) in [5, 5.41) is 6.13. The molecule has 5 nitrogen and oxygen atoms in total. The van der Waals surface area contributed by atoms with E-state index in [1.807, 2.05) is 18.2 Å². The number of benzene rings is 2. The van der Waals surface area contributed by atoms with Gasteiger partial charge in [-0.25, -0.2) is 12.8 Å². The lowest BCUT2D eigenvalue weighted by molar-refractivity contribution is 0.566. The summed E-state index contributed by atoms with van der Waals surface area (Å²) < 4.78 is 38.2. The Morgan fingerprint density at radius 2 is 1.67 bits per heavy atom. The Balaban J connectivity index is 0.00000364. The van der Waals surface area contributed by atoms with Gasteiger partial charge in [-0.2, -0.15) is 0 Å². The Hall–Kier alpha value is -1.68. The molecule has 2 N–H and O–H groups in total. The van der Waals surface area contributed by atoms with Gasteiger partial charge < -0.3 is 10.6 Å². The Kier molecular flexibility index (Phi) is 9.71. The molecule has 0 spiro atoms. The van der Waals surface area contributed by atoms with Crippen molar-refractivity contribution in [1.82, 2.24) is 10.6 Å². The summed E-state index contributed by atoms with van der Waals surface area (Å²) in [6, 6.07) is 13.5. The second kappa shape index (κ2) is 11.2. The molecule has 0 fully saturated rings.